The molecule has 0 bridgehead atoms. The fourth-order valence-electron chi connectivity index (χ4n) is 3.55. The van der Waals surface area contributed by atoms with Gasteiger partial charge in [-0.05, 0) is 25.8 Å². The summed E-state index contributed by atoms with van der Waals surface area (Å²) in [6, 6.07) is 4.76. The Hall–Kier alpha value is -3.14. The van der Waals surface area contributed by atoms with E-state index >= 15 is 0 Å². The molecule has 0 saturated carbocycles. The molecule has 1 atom stereocenters. The van der Waals surface area contributed by atoms with Gasteiger partial charge in [0.2, 0.25) is 0 Å². The third-order valence-electron chi connectivity index (χ3n) is 5.31. The molecule has 1 amide bonds. The molecule has 1 fully saturated rings. The Balaban J connectivity index is 1.85. The predicted octanol–water partition coefficient (Wildman–Crippen LogP) is 3.78. The van der Waals surface area contributed by atoms with Gasteiger partial charge in [0.15, 0.2) is 0 Å². The van der Waals surface area contributed by atoms with Crippen LogP contribution in [0.25, 0.3) is 0 Å². The molecule has 1 aromatic carbocycles. The maximum atomic E-state index is 14.5. The Labute approximate surface area is 184 Å². The van der Waals surface area contributed by atoms with Crippen LogP contribution in [0.2, 0.25) is 0 Å². The second-order valence-corrected chi connectivity index (χ2v) is 7.52. The molecule has 1 aromatic heterocycles. The van der Waals surface area contributed by atoms with Gasteiger partial charge in [0.05, 0.1) is 23.5 Å². The molecule has 1 aliphatic heterocycles. The molecule has 1 saturated heterocycles. The lowest BCUT2D eigenvalue weighted by Gasteiger charge is -2.25. The fourth-order valence-corrected chi connectivity index (χ4v) is 3.55. The number of halogens is 3. The number of carbonyl (C=O) groups is 1. The maximum absolute atomic E-state index is 14.5. The van der Waals surface area contributed by atoms with Gasteiger partial charge in [-0.1, -0.05) is 18.2 Å². The highest BCUT2D eigenvalue weighted by Crippen LogP contribution is 2.27. The third kappa shape index (κ3) is 5.37. The number of nitrogens with zero attached hydrogens (tertiary/aromatic N) is 1. The van der Waals surface area contributed by atoms with Crippen molar-refractivity contribution >= 4 is 17.4 Å². The van der Waals surface area contributed by atoms with Crippen molar-refractivity contribution in [2.45, 2.75) is 38.3 Å². The molecule has 2 aromatic rings. The molecule has 0 spiro atoms. The molecular weight excluding hydrogens is 423 g/mol. The van der Waals surface area contributed by atoms with Gasteiger partial charge in [0, 0.05) is 37.4 Å². The topological polar surface area (TPSA) is 99.1 Å². The second-order valence-electron chi connectivity index (χ2n) is 7.52. The molecule has 0 unspecified atom stereocenters. The van der Waals surface area contributed by atoms with E-state index < -0.39 is 29.8 Å². The summed E-state index contributed by atoms with van der Waals surface area (Å²) in [7, 11) is 1.45. The first-order valence-electron chi connectivity index (χ1n) is 10.3. The number of alkyl halides is 2. The van der Waals surface area contributed by atoms with Crippen LogP contribution in [0.5, 0.6) is 0 Å². The van der Waals surface area contributed by atoms with Crippen molar-refractivity contribution in [1.29, 1.82) is 5.41 Å². The molecule has 7 nitrogen and oxygen atoms in total. The largest absolute Gasteiger partial charge is 0.381 e. The average molecular weight is 449 g/mol. The Kier molecular flexibility index (Phi) is 7.68. The van der Waals surface area contributed by atoms with Crippen LogP contribution in [0, 0.1) is 11.2 Å². The van der Waals surface area contributed by atoms with Crippen molar-refractivity contribution in [2.24, 2.45) is 0 Å². The summed E-state index contributed by atoms with van der Waals surface area (Å²) in [5.74, 6) is -1.68. The van der Waals surface area contributed by atoms with Crippen molar-refractivity contribution in [1.82, 2.24) is 15.6 Å². The summed E-state index contributed by atoms with van der Waals surface area (Å²) >= 11 is 0. The summed E-state index contributed by atoms with van der Waals surface area (Å²) in [6.07, 6.45) is 0.211. The number of rotatable bonds is 7. The van der Waals surface area contributed by atoms with Crippen LogP contribution >= 0.6 is 0 Å². The highest BCUT2D eigenvalue weighted by atomic mass is 19.3. The van der Waals surface area contributed by atoms with Crippen LogP contribution in [0.15, 0.2) is 30.5 Å². The number of aromatic nitrogens is 1. The standard InChI is InChI=1S/C22H26F3N5O2/c1-12(15-4-3-5-16(18(15)23)20(24)25)29-21(26)17-10-14(11-28-19(17)22(31)27-2)30-13-6-8-32-9-7-13/h3-5,10-13,20,30H,6-9H2,1-2H3,(H2,26,29)(H,27,31)/t12-/m1/s1. The number of ether oxygens (including phenoxy) is 1. The van der Waals surface area contributed by atoms with E-state index in [1.165, 1.54) is 25.4 Å². The van der Waals surface area contributed by atoms with Gasteiger partial charge in [-0.25, -0.2) is 18.2 Å². The number of nitrogens with one attached hydrogen (secondary N) is 4. The van der Waals surface area contributed by atoms with Gasteiger partial charge in [-0.3, -0.25) is 10.2 Å². The summed E-state index contributed by atoms with van der Waals surface area (Å²) < 4.78 is 46.0. The third-order valence-corrected chi connectivity index (χ3v) is 5.31. The Morgan fingerprint density at radius 2 is 1.94 bits per heavy atom. The van der Waals surface area contributed by atoms with Crippen LogP contribution < -0.4 is 16.0 Å². The van der Waals surface area contributed by atoms with Crippen LogP contribution in [0.3, 0.4) is 0 Å². The highest BCUT2D eigenvalue weighted by Gasteiger charge is 2.23. The number of carbonyl (C=O) groups excluding carboxylic acids is 1. The zero-order valence-corrected chi connectivity index (χ0v) is 17.8. The Morgan fingerprint density at radius 3 is 2.59 bits per heavy atom. The Morgan fingerprint density at radius 1 is 1.25 bits per heavy atom. The van der Waals surface area contributed by atoms with Gasteiger partial charge >= 0.3 is 0 Å². The van der Waals surface area contributed by atoms with Crippen LogP contribution in [-0.4, -0.2) is 43.0 Å². The van der Waals surface area contributed by atoms with Gasteiger partial charge in [-0.15, -0.1) is 0 Å². The van der Waals surface area contributed by atoms with E-state index in [-0.39, 0.29) is 28.7 Å². The van der Waals surface area contributed by atoms with Gasteiger partial charge in [0.25, 0.3) is 12.3 Å². The molecule has 10 heteroatoms. The van der Waals surface area contributed by atoms with Gasteiger partial charge in [-0.2, -0.15) is 0 Å². The lowest BCUT2D eigenvalue weighted by atomic mass is 10.0. The summed E-state index contributed by atoms with van der Waals surface area (Å²) in [6.45, 7) is 2.85. The first kappa shape index (κ1) is 23.5. The predicted molar refractivity (Wildman–Crippen MR) is 115 cm³/mol. The van der Waals surface area contributed by atoms with E-state index in [0.29, 0.717) is 18.9 Å². The minimum absolute atomic E-state index is 0.00140. The number of amides is 1. The van der Waals surface area contributed by atoms with E-state index in [1.54, 1.807) is 13.0 Å². The average Bonchev–Trinajstić information content (AvgIpc) is 2.79. The number of benzene rings is 1. The van der Waals surface area contributed by atoms with E-state index in [9.17, 15) is 18.0 Å². The monoisotopic (exact) mass is 449 g/mol. The maximum Gasteiger partial charge on any atom is 0.270 e. The normalized spacial score (nSPS) is 15.3. The quantitative estimate of drug-likeness (QED) is 0.381. The first-order valence-corrected chi connectivity index (χ1v) is 10.3. The molecular formula is C22H26F3N5O2. The SMILES string of the molecule is CNC(=O)c1ncc(NC2CCOCC2)cc1C(=N)N[C@H](C)c1cccc(C(F)F)c1F. The Bertz CT molecular complexity index is 980. The fraction of sp³-hybridized carbons (Fsp3) is 0.409. The van der Waals surface area contributed by atoms with Gasteiger partial charge < -0.3 is 20.7 Å². The molecule has 0 radical (unpaired) electrons. The number of hydrogen-bond acceptors (Lipinski definition) is 5. The lowest BCUT2D eigenvalue weighted by Crippen LogP contribution is -2.32. The lowest BCUT2D eigenvalue weighted by molar-refractivity contribution is 0.0904. The minimum atomic E-state index is -2.95. The van der Waals surface area contributed by atoms with Gasteiger partial charge in [0.1, 0.15) is 17.3 Å². The molecule has 0 aliphatic carbocycles. The summed E-state index contributed by atoms with van der Waals surface area (Å²) in [5.41, 5.74) is 0.163. The molecule has 172 valence electrons. The zero-order valence-electron chi connectivity index (χ0n) is 17.8. The first-order chi connectivity index (χ1) is 15.3. The highest BCUT2D eigenvalue weighted by molar-refractivity contribution is 6.07. The van der Waals surface area contributed by atoms with Crippen molar-refractivity contribution in [3.8, 4) is 0 Å². The molecule has 3 rings (SSSR count). The van der Waals surface area contributed by atoms with E-state index in [2.05, 4.69) is 20.9 Å². The molecule has 1 aliphatic rings. The molecule has 32 heavy (non-hydrogen) atoms. The van der Waals surface area contributed by atoms with E-state index in [4.69, 9.17) is 10.1 Å². The number of amidine groups is 1. The van der Waals surface area contributed by atoms with Crippen LogP contribution in [-0.2, 0) is 4.74 Å². The van der Waals surface area contributed by atoms with Crippen LogP contribution in [0.1, 0.15) is 59.4 Å². The van der Waals surface area contributed by atoms with Crippen molar-refractivity contribution in [3.05, 3.63) is 58.7 Å². The number of anilines is 1. The zero-order chi connectivity index (χ0) is 23.3. The minimum Gasteiger partial charge on any atom is -0.381 e. The van der Waals surface area contributed by atoms with Crippen LogP contribution in [0.4, 0.5) is 18.9 Å². The smallest absolute Gasteiger partial charge is 0.270 e. The molecule has 2 heterocycles. The van der Waals surface area contributed by atoms with Crippen molar-refractivity contribution < 1.29 is 22.7 Å². The number of hydrogen-bond donors (Lipinski definition) is 4. The van der Waals surface area contributed by atoms with Crippen molar-refractivity contribution in [3.63, 3.8) is 0 Å². The molecule has 4 N–H and O–H groups in total. The summed E-state index contributed by atoms with van der Waals surface area (Å²) in [4.78, 5) is 16.5. The summed E-state index contributed by atoms with van der Waals surface area (Å²) in [5, 5.41) is 17.1. The van der Waals surface area contributed by atoms with Crippen molar-refractivity contribution in [2.75, 3.05) is 25.6 Å². The van der Waals surface area contributed by atoms with E-state index in [0.717, 1.165) is 18.9 Å². The number of pyridine rings is 1. The second kappa shape index (κ2) is 10.4. The van der Waals surface area contributed by atoms with E-state index in [1.807, 2.05) is 0 Å².